The summed E-state index contributed by atoms with van der Waals surface area (Å²) in [5.41, 5.74) is 3.92. The highest BCUT2D eigenvalue weighted by Crippen LogP contribution is 2.28. The number of nitrogens with zero attached hydrogens (tertiary/aromatic N) is 5. The van der Waals surface area contributed by atoms with Crippen molar-refractivity contribution >= 4 is 22.4 Å². The molecule has 2 aromatic carbocycles. The first-order chi connectivity index (χ1) is 13.8. The van der Waals surface area contributed by atoms with Crippen LogP contribution in [-0.2, 0) is 6.54 Å². The summed E-state index contributed by atoms with van der Waals surface area (Å²) in [6.07, 6.45) is 3.56. The zero-order valence-electron chi connectivity index (χ0n) is 14.7. The molecule has 136 valence electrons. The Morgan fingerprint density at radius 2 is 1.82 bits per heavy atom. The van der Waals surface area contributed by atoms with Gasteiger partial charge in [0.15, 0.2) is 5.65 Å². The lowest BCUT2D eigenvalue weighted by Crippen LogP contribution is -2.05. The molecule has 0 unspecified atom stereocenters. The number of aromatic nitrogens is 5. The molecule has 5 aromatic rings. The van der Waals surface area contributed by atoms with E-state index in [2.05, 4.69) is 20.6 Å². The van der Waals surface area contributed by atoms with Gasteiger partial charge in [0.05, 0.1) is 5.52 Å². The van der Waals surface area contributed by atoms with E-state index in [-0.39, 0.29) is 5.82 Å². The average molecular weight is 370 g/mol. The fraction of sp³-hybridized carbons (Fsp3) is 0.0476. The third kappa shape index (κ3) is 2.83. The molecular formula is C21H15FN6. The Bertz CT molecular complexity index is 1270. The number of benzene rings is 2. The van der Waals surface area contributed by atoms with Crippen molar-refractivity contribution in [3.05, 3.63) is 84.4 Å². The first-order valence-electron chi connectivity index (χ1n) is 8.82. The summed E-state index contributed by atoms with van der Waals surface area (Å²) in [5, 5.41) is 12.9. The van der Waals surface area contributed by atoms with Gasteiger partial charge in [-0.25, -0.2) is 9.37 Å². The molecule has 0 saturated heterocycles. The molecule has 0 amide bonds. The van der Waals surface area contributed by atoms with Crippen molar-refractivity contribution in [2.75, 3.05) is 5.32 Å². The Morgan fingerprint density at radius 3 is 2.64 bits per heavy atom. The van der Waals surface area contributed by atoms with Crippen molar-refractivity contribution in [2.24, 2.45) is 0 Å². The van der Waals surface area contributed by atoms with Crippen LogP contribution in [0.25, 0.3) is 27.8 Å². The van der Waals surface area contributed by atoms with Crippen molar-refractivity contribution in [3.8, 4) is 11.3 Å². The highest BCUT2D eigenvalue weighted by atomic mass is 19.1. The summed E-state index contributed by atoms with van der Waals surface area (Å²) in [6.45, 7) is 0.592. The van der Waals surface area contributed by atoms with Crippen molar-refractivity contribution in [3.63, 3.8) is 0 Å². The van der Waals surface area contributed by atoms with Crippen LogP contribution in [0.3, 0.4) is 0 Å². The van der Waals surface area contributed by atoms with Crippen LogP contribution in [0.2, 0.25) is 0 Å². The lowest BCUT2D eigenvalue weighted by molar-refractivity contribution is 0.628. The molecule has 1 N–H and O–H groups in total. The number of pyridine rings is 1. The van der Waals surface area contributed by atoms with E-state index in [1.165, 1.54) is 12.1 Å². The summed E-state index contributed by atoms with van der Waals surface area (Å²) in [4.78, 5) is 8.94. The van der Waals surface area contributed by atoms with Gasteiger partial charge in [-0.05, 0) is 48.0 Å². The molecule has 0 atom stereocenters. The minimum atomic E-state index is -0.294. The predicted molar refractivity (Wildman–Crippen MR) is 105 cm³/mol. The van der Waals surface area contributed by atoms with Crippen molar-refractivity contribution in [2.45, 2.75) is 6.54 Å². The molecule has 3 aromatic heterocycles. The van der Waals surface area contributed by atoms with Crippen molar-refractivity contribution in [1.82, 2.24) is 24.8 Å². The van der Waals surface area contributed by atoms with Crippen LogP contribution in [0, 0.1) is 5.82 Å². The zero-order chi connectivity index (χ0) is 18.9. The highest BCUT2D eigenvalue weighted by molar-refractivity contribution is 5.93. The van der Waals surface area contributed by atoms with Gasteiger partial charge in [-0.2, -0.15) is 4.52 Å². The van der Waals surface area contributed by atoms with Crippen LogP contribution in [0.1, 0.15) is 5.56 Å². The minimum absolute atomic E-state index is 0.294. The Balaban J connectivity index is 1.65. The smallest absolute Gasteiger partial charge is 0.186 e. The molecule has 0 aliphatic carbocycles. The molecule has 0 radical (unpaired) electrons. The molecule has 0 aliphatic rings. The highest BCUT2D eigenvalue weighted by Gasteiger charge is 2.15. The van der Waals surface area contributed by atoms with E-state index in [1.54, 1.807) is 22.8 Å². The summed E-state index contributed by atoms with van der Waals surface area (Å²) in [5.74, 6) is 0.440. The van der Waals surface area contributed by atoms with Crippen molar-refractivity contribution in [1.29, 1.82) is 0 Å². The molecule has 28 heavy (non-hydrogen) atoms. The summed E-state index contributed by atoms with van der Waals surface area (Å²) >= 11 is 0. The Morgan fingerprint density at radius 1 is 0.964 bits per heavy atom. The minimum Gasteiger partial charge on any atom is -0.365 e. The second kappa shape index (κ2) is 6.70. The normalized spacial score (nSPS) is 11.2. The molecule has 0 bridgehead atoms. The lowest BCUT2D eigenvalue weighted by Gasteiger charge is -2.10. The summed E-state index contributed by atoms with van der Waals surface area (Å²) in [7, 11) is 0. The van der Waals surface area contributed by atoms with E-state index in [9.17, 15) is 4.39 Å². The van der Waals surface area contributed by atoms with Gasteiger partial charge in [-0.1, -0.05) is 23.4 Å². The molecule has 7 heteroatoms. The summed E-state index contributed by atoms with van der Waals surface area (Å²) < 4.78 is 15.0. The first-order valence-corrected chi connectivity index (χ1v) is 8.82. The monoisotopic (exact) mass is 370 g/mol. The maximum absolute atomic E-state index is 13.3. The number of para-hydroxylation sites is 1. The van der Waals surface area contributed by atoms with Crippen LogP contribution < -0.4 is 5.32 Å². The second-order valence-electron chi connectivity index (χ2n) is 6.37. The molecule has 3 heterocycles. The first kappa shape index (κ1) is 16.3. The fourth-order valence-corrected chi connectivity index (χ4v) is 3.18. The van der Waals surface area contributed by atoms with E-state index >= 15 is 0 Å². The molecule has 5 rings (SSSR count). The van der Waals surface area contributed by atoms with E-state index in [0.717, 1.165) is 27.8 Å². The molecule has 0 spiro atoms. The van der Waals surface area contributed by atoms with Crippen LogP contribution in [0.4, 0.5) is 10.2 Å². The lowest BCUT2D eigenvalue weighted by atomic mass is 10.1. The van der Waals surface area contributed by atoms with E-state index < -0.39 is 0 Å². The van der Waals surface area contributed by atoms with Gasteiger partial charge in [0.2, 0.25) is 0 Å². The second-order valence-corrected chi connectivity index (χ2v) is 6.37. The molecule has 6 nitrogen and oxygen atoms in total. The maximum atomic E-state index is 13.3. The topological polar surface area (TPSA) is 68.0 Å². The van der Waals surface area contributed by atoms with Crippen LogP contribution in [0.5, 0.6) is 0 Å². The standard InChI is InChI=1S/C21H15FN6/c22-16-9-7-15(8-10-16)19-21-25-20(24-13-14-4-3-11-23-12-14)17-5-1-2-6-18(17)28(21)27-26-19/h1-12H,13H2,(H,24,25). The molecule has 0 saturated carbocycles. The number of halogens is 1. The third-order valence-electron chi connectivity index (χ3n) is 4.55. The average Bonchev–Trinajstić information content (AvgIpc) is 3.17. The van der Waals surface area contributed by atoms with E-state index in [4.69, 9.17) is 4.98 Å². The Hall–Kier alpha value is -3.87. The van der Waals surface area contributed by atoms with Gasteiger partial charge in [0.25, 0.3) is 0 Å². The number of nitrogens with one attached hydrogen (secondary N) is 1. The van der Waals surface area contributed by atoms with Gasteiger partial charge in [-0.15, -0.1) is 5.10 Å². The Kier molecular flexibility index (Phi) is 3.90. The molecule has 0 aliphatic heterocycles. The molecule has 0 fully saturated rings. The Labute approximate surface area is 159 Å². The predicted octanol–water partition coefficient (Wildman–Crippen LogP) is 4.09. The maximum Gasteiger partial charge on any atom is 0.186 e. The van der Waals surface area contributed by atoms with Crippen LogP contribution >= 0.6 is 0 Å². The van der Waals surface area contributed by atoms with Gasteiger partial charge < -0.3 is 5.32 Å². The van der Waals surface area contributed by atoms with Gasteiger partial charge in [-0.3, -0.25) is 4.98 Å². The fourth-order valence-electron chi connectivity index (χ4n) is 3.18. The molecular weight excluding hydrogens is 355 g/mol. The van der Waals surface area contributed by atoms with Crippen molar-refractivity contribution < 1.29 is 4.39 Å². The van der Waals surface area contributed by atoms with Gasteiger partial charge in [0.1, 0.15) is 17.3 Å². The number of anilines is 1. The largest absolute Gasteiger partial charge is 0.365 e. The summed E-state index contributed by atoms with van der Waals surface area (Å²) in [6, 6.07) is 18.0. The number of hydrogen-bond acceptors (Lipinski definition) is 5. The van der Waals surface area contributed by atoms with Gasteiger partial charge in [0, 0.05) is 29.9 Å². The van der Waals surface area contributed by atoms with Crippen LogP contribution in [-0.4, -0.2) is 24.8 Å². The van der Waals surface area contributed by atoms with Crippen LogP contribution in [0.15, 0.2) is 73.1 Å². The SMILES string of the molecule is Fc1ccc(-c2nnn3c2nc(NCc2cccnc2)c2ccccc23)cc1. The number of rotatable bonds is 4. The van der Waals surface area contributed by atoms with E-state index in [1.807, 2.05) is 42.6 Å². The van der Waals surface area contributed by atoms with Gasteiger partial charge >= 0.3 is 0 Å². The third-order valence-corrected chi connectivity index (χ3v) is 4.55. The van der Waals surface area contributed by atoms with E-state index in [0.29, 0.717) is 17.9 Å². The number of hydrogen-bond donors (Lipinski definition) is 1. The number of fused-ring (bicyclic) bond motifs is 3. The zero-order valence-corrected chi connectivity index (χ0v) is 14.7. The quantitative estimate of drug-likeness (QED) is 0.516.